The van der Waals surface area contributed by atoms with Crippen molar-refractivity contribution in [1.82, 2.24) is 0 Å². The Hall–Kier alpha value is -1.27. The summed E-state index contributed by atoms with van der Waals surface area (Å²) in [5.41, 5.74) is 0. The van der Waals surface area contributed by atoms with Gasteiger partial charge in [0, 0.05) is 0 Å². The lowest BCUT2D eigenvalue weighted by atomic mass is 9.89. The van der Waals surface area contributed by atoms with Gasteiger partial charge in [-0.25, -0.2) is 4.89 Å². The zero-order valence-corrected chi connectivity index (χ0v) is 12.0. The largest absolute Gasteiger partial charge is 0.460 e. The second kappa shape index (κ2) is 6.63. The highest BCUT2D eigenvalue weighted by Crippen LogP contribution is 2.63. The van der Waals surface area contributed by atoms with E-state index in [1.165, 1.54) is 0 Å². The Balaban J connectivity index is 6.63. The van der Waals surface area contributed by atoms with Crippen molar-refractivity contribution in [1.29, 1.82) is 0 Å². The van der Waals surface area contributed by atoms with Crippen LogP contribution in [0.5, 0.6) is 0 Å². The van der Waals surface area contributed by atoms with Gasteiger partial charge >= 0.3 is 47.6 Å². The second-order valence-electron chi connectivity index (χ2n) is 4.92. The van der Waals surface area contributed by atoms with Crippen LogP contribution in [0.1, 0.15) is 0 Å². The zero-order chi connectivity index (χ0) is 23.4. The molecule has 0 rings (SSSR count). The van der Waals surface area contributed by atoms with E-state index in [9.17, 15) is 74.6 Å². The first-order chi connectivity index (χ1) is 11.8. The van der Waals surface area contributed by atoms with E-state index in [4.69, 9.17) is 5.26 Å². The van der Waals surface area contributed by atoms with E-state index < -0.39 is 54.2 Å². The lowest BCUT2D eigenvalue weighted by Gasteiger charge is -2.42. The summed E-state index contributed by atoms with van der Waals surface area (Å²) < 4.78 is 215. The molecule has 0 aromatic heterocycles. The summed E-state index contributed by atoms with van der Waals surface area (Å²) in [5.74, 6) is -57.0. The van der Waals surface area contributed by atoms with E-state index in [1.807, 2.05) is 0 Å². The molecule has 0 aliphatic heterocycles. The minimum atomic E-state index is -8.66. The third kappa shape index (κ3) is 3.22. The van der Waals surface area contributed by atoms with Gasteiger partial charge in [-0.3, -0.25) is 5.26 Å². The molecule has 0 aliphatic rings. The summed E-state index contributed by atoms with van der Waals surface area (Å²) >= 11 is 0. The number of alkyl halides is 17. The maximum atomic E-state index is 13.1. The molecule has 0 heterocycles. The van der Waals surface area contributed by atoms with Crippen LogP contribution in [0, 0.1) is 0 Å². The molecule has 1 N–H and O–H groups in total. The lowest BCUT2D eigenvalue weighted by Crippen LogP contribution is -2.74. The number of hydrogen-bond acceptors (Lipinski definition) is 2. The quantitative estimate of drug-likeness (QED) is 0.292. The summed E-state index contributed by atoms with van der Waals surface area (Å²) in [7, 11) is 0. The molecule has 0 amide bonds. The first kappa shape index (κ1) is 26.7. The van der Waals surface area contributed by atoms with Crippen molar-refractivity contribution >= 4 is 0 Å². The van der Waals surface area contributed by atoms with Crippen molar-refractivity contribution in [3.63, 3.8) is 0 Å². The molecule has 2 nitrogen and oxygen atoms in total. The molecular weight excluding hydrogens is 463 g/mol. The molecule has 0 aliphatic carbocycles. The highest BCUT2D eigenvalue weighted by molar-refractivity contribution is 5.15. The van der Waals surface area contributed by atoms with Crippen LogP contribution in [0.15, 0.2) is 0 Å². The highest BCUT2D eigenvalue weighted by atomic mass is 19.4. The number of hydrogen-bond donors (Lipinski definition) is 1. The Morgan fingerprint density at radius 1 is 0.429 bits per heavy atom. The monoisotopic (exact) mass is 466 g/mol. The molecule has 0 atom stereocenters. The molecule has 0 aromatic rings. The molecular formula is C9H3F17O2. The Bertz CT molecular complexity index is 561. The van der Waals surface area contributed by atoms with Gasteiger partial charge in [-0.2, -0.15) is 74.6 Å². The Kier molecular flexibility index (Phi) is 6.33. The third-order valence-electron chi connectivity index (χ3n) is 3.03. The van der Waals surface area contributed by atoms with Crippen molar-refractivity contribution < 1.29 is 84.8 Å². The maximum Gasteiger partial charge on any atom is 0.460 e. The van der Waals surface area contributed by atoms with Gasteiger partial charge in [0.2, 0.25) is 0 Å². The van der Waals surface area contributed by atoms with Crippen LogP contribution in [0.25, 0.3) is 0 Å². The molecule has 19 heteroatoms. The van der Waals surface area contributed by atoms with Gasteiger partial charge in [0.05, 0.1) is 0 Å². The van der Waals surface area contributed by atoms with E-state index >= 15 is 0 Å². The van der Waals surface area contributed by atoms with Gasteiger partial charge in [-0.15, -0.1) is 0 Å². The van der Waals surface area contributed by atoms with E-state index in [2.05, 4.69) is 4.89 Å². The first-order valence-corrected chi connectivity index (χ1v) is 5.79. The van der Waals surface area contributed by atoms with Gasteiger partial charge in [0.1, 0.15) is 0 Å². The number of rotatable bonds is 8. The van der Waals surface area contributed by atoms with Crippen molar-refractivity contribution in [2.75, 3.05) is 6.61 Å². The molecule has 0 fully saturated rings. The van der Waals surface area contributed by atoms with Gasteiger partial charge < -0.3 is 0 Å². The molecule has 0 bridgehead atoms. The Labute approximate surface area is 140 Å². The first-order valence-electron chi connectivity index (χ1n) is 5.79. The van der Waals surface area contributed by atoms with Crippen LogP contribution in [-0.4, -0.2) is 59.5 Å². The van der Waals surface area contributed by atoms with Crippen molar-refractivity contribution in [2.24, 2.45) is 0 Å². The topological polar surface area (TPSA) is 29.5 Å². The summed E-state index contributed by atoms with van der Waals surface area (Å²) in [4.78, 5) is 2.24. The highest BCUT2D eigenvalue weighted by Gasteiger charge is 2.95. The normalized spacial score (nSPS) is 16.5. The van der Waals surface area contributed by atoms with E-state index in [0.717, 1.165) is 0 Å². The SMILES string of the molecule is OOCC(F)(F)C(F)(F)C(F)(F)C(F)(F)C(F)(F)C(F)(F)C(F)(F)C(F)(F)F. The molecule has 0 spiro atoms. The Morgan fingerprint density at radius 2 is 0.679 bits per heavy atom. The second-order valence-corrected chi connectivity index (χ2v) is 4.92. The van der Waals surface area contributed by atoms with Crippen LogP contribution >= 0.6 is 0 Å². The van der Waals surface area contributed by atoms with Gasteiger partial charge in [-0.1, -0.05) is 0 Å². The predicted molar refractivity (Wildman–Crippen MR) is 49.3 cm³/mol. The molecule has 170 valence electrons. The van der Waals surface area contributed by atoms with E-state index in [-0.39, 0.29) is 0 Å². The zero-order valence-electron chi connectivity index (χ0n) is 12.0. The molecule has 0 saturated carbocycles. The fraction of sp³-hybridized carbons (Fsp3) is 1.00. The average molecular weight is 466 g/mol. The van der Waals surface area contributed by atoms with Gasteiger partial charge in [0.15, 0.2) is 6.61 Å². The van der Waals surface area contributed by atoms with Crippen LogP contribution in [0.3, 0.4) is 0 Å². The standard InChI is InChI=1S/C9H3F17O2/c10-2(11,1-28-27)3(12,13)4(14,15)5(16,17)6(18,19)7(20,21)8(22,23)9(24,25)26/h27H,1H2. The van der Waals surface area contributed by atoms with Crippen LogP contribution in [0.4, 0.5) is 74.6 Å². The van der Waals surface area contributed by atoms with Gasteiger partial charge in [0.25, 0.3) is 0 Å². The van der Waals surface area contributed by atoms with E-state index in [1.54, 1.807) is 0 Å². The maximum absolute atomic E-state index is 13.1. The molecule has 28 heavy (non-hydrogen) atoms. The molecule has 0 aromatic carbocycles. The van der Waals surface area contributed by atoms with Crippen molar-refractivity contribution in [3.05, 3.63) is 0 Å². The van der Waals surface area contributed by atoms with Crippen LogP contribution in [-0.2, 0) is 4.89 Å². The fourth-order valence-corrected chi connectivity index (χ4v) is 1.37. The number of halogens is 17. The molecule has 0 saturated heterocycles. The predicted octanol–water partition coefficient (Wildman–Crippen LogP) is 5.49. The minimum absolute atomic E-state index is 2.24. The Morgan fingerprint density at radius 3 is 0.929 bits per heavy atom. The third-order valence-corrected chi connectivity index (χ3v) is 3.03. The van der Waals surface area contributed by atoms with Crippen molar-refractivity contribution in [2.45, 2.75) is 47.6 Å². The van der Waals surface area contributed by atoms with Crippen LogP contribution < -0.4 is 0 Å². The molecule has 0 radical (unpaired) electrons. The van der Waals surface area contributed by atoms with Gasteiger partial charge in [-0.05, 0) is 0 Å². The van der Waals surface area contributed by atoms with Crippen LogP contribution in [0.2, 0.25) is 0 Å². The fourth-order valence-electron chi connectivity index (χ4n) is 1.37. The lowest BCUT2D eigenvalue weighted by molar-refractivity contribution is -0.464. The summed E-state index contributed by atoms with van der Waals surface area (Å²) in [5, 5.41) is 7.48. The summed E-state index contributed by atoms with van der Waals surface area (Å²) in [6, 6.07) is 0. The summed E-state index contributed by atoms with van der Waals surface area (Å²) in [6.45, 7) is -3.33. The smallest absolute Gasteiger partial charge is 0.252 e. The van der Waals surface area contributed by atoms with E-state index in [0.29, 0.717) is 0 Å². The average Bonchev–Trinajstić information content (AvgIpc) is 2.44. The summed E-state index contributed by atoms with van der Waals surface area (Å²) in [6.07, 6.45) is -7.79. The molecule has 0 unspecified atom stereocenters. The minimum Gasteiger partial charge on any atom is -0.252 e. The van der Waals surface area contributed by atoms with Crippen molar-refractivity contribution in [3.8, 4) is 0 Å².